The van der Waals surface area contributed by atoms with Crippen LogP contribution in [0, 0.1) is 11.7 Å². The standard InChI is InChI=1S/C17H24FN5O/c1-12(2)5-4-6-13(3)19-16(24)11-23-21-17(20-22-23)14-7-9-15(18)10-8-14/h7-10,12-13H,4-6,11H2,1-3H3,(H,19,24)/t13-/m0/s1. The molecule has 24 heavy (non-hydrogen) atoms. The molecule has 0 spiro atoms. The molecule has 130 valence electrons. The second-order valence-corrected chi connectivity index (χ2v) is 6.44. The molecule has 1 aromatic heterocycles. The van der Waals surface area contributed by atoms with Gasteiger partial charge in [-0.15, -0.1) is 10.2 Å². The van der Waals surface area contributed by atoms with Gasteiger partial charge in [0.2, 0.25) is 11.7 Å². The lowest BCUT2D eigenvalue weighted by molar-refractivity contribution is -0.122. The van der Waals surface area contributed by atoms with E-state index in [1.165, 1.54) is 16.9 Å². The minimum Gasteiger partial charge on any atom is -0.352 e. The first-order chi connectivity index (χ1) is 11.4. The summed E-state index contributed by atoms with van der Waals surface area (Å²) in [6.07, 6.45) is 3.21. The van der Waals surface area contributed by atoms with E-state index in [0.717, 1.165) is 19.3 Å². The summed E-state index contributed by atoms with van der Waals surface area (Å²) in [5.74, 6) is 0.581. The summed E-state index contributed by atoms with van der Waals surface area (Å²) in [4.78, 5) is 13.3. The van der Waals surface area contributed by atoms with Gasteiger partial charge in [0.25, 0.3) is 0 Å². The SMILES string of the molecule is CC(C)CCC[C@H](C)NC(=O)Cn1nnc(-c2ccc(F)cc2)n1. The van der Waals surface area contributed by atoms with Crippen molar-refractivity contribution in [2.24, 2.45) is 5.92 Å². The molecule has 0 saturated heterocycles. The Hall–Kier alpha value is -2.31. The van der Waals surface area contributed by atoms with Gasteiger partial charge < -0.3 is 5.32 Å². The average Bonchev–Trinajstić information content (AvgIpc) is 2.95. The van der Waals surface area contributed by atoms with Crippen molar-refractivity contribution < 1.29 is 9.18 Å². The summed E-state index contributed by atoms with van der Waals surface area (Å²) < 4.78 is 12.9. The largest absolute Gasteiger partial charge is 0.352 e. The van der Waals surface area contributed by atoms with Crippen LogP contribution in [0.5, 0.6) is 0 Å². The third-order valence-electron chi connectivity index (χ3n) is 3.67. The summed E-state index contributed by atoms with van der Waals surface area (Å²) >= 11 is 0. The number of benzene rings is 1. The Morgan fingerprint density at radius 3 is 2.58 bits per heavy atom. The zero-order valence-electron chi connectivity index (χ0n) is 14.4. The number of amides is 1. The van der Waals surface area contributed by atoms with Crippen molar-refractivity contribution in [2.45, 2.75) is 52.6 Å². The minimum absolute atomic E-state index is 0.0166. The maximum absolute atomic E-state index is 12.9. The second-order valence-electron chi connectivity index (χ2n) is 6.44. The van der Waals surface area contributed by atoms with E-state index in [9.17, 15) is 9.18 Å². The number of nitrogens with zero attached hydrogens (tertiary/aromatic N) is 4. The van der Waals surface area contributed by atoms with Crippen molar-refractivity contribution >= 4 is 5.91 Å². The predicted octanol–water partition coefficient (Wildman–Crippen LogP) is 2.81. The van der Waals surface area contributed by atoms with Crippen LogP contribution in [0.2, 0.25) is 0 Å². The molecule has 0 saturated carbocycles. The van der Waals surface area contributed by atoms with Crippen LogP contribution in [0.25, 0.3) is 11.4 Å². The van der Waals surface area contributed by atoms with E-state index in [1.807, 2.05) is 6.92 Å². The van der Waals surface area contributed by atoms with Crippen LogP contribution in [0.1, 0.15) is 40.0 Å². The fourth-order valence-corrected chi connectivity index (χ4v) is 2.38. The number of aromatic nitrogens is 4. The van der Waals surface area contributed by atoms with Gasteiger partial charge >= 0.3 is 0 Å². The Morgan fingerprint density at radius 1 is 1.21 bits per heavy atom. The van der Waals surface area contributed by atoms with Gasteiger partial charge in [-0.2, -0.15) is 4.80 Å². The van der Waals surface area contributed by atoms with Crippen LogP contribution in [-0.2, 0) is 11.3 Å². The lowest BCUT2D eigenvalue weighted by atomic mass is 10.0. The molecule has 7 heteroatoms. The summed E-state index contributed by atoms with van der Waals surface area (Å²) in [5, 5.41) is 14.9. The third-order valence-corrected chi connectivity index (χ3v) is 3.67. The fourth-order valence-electron chi connectivity index (χ4n) is 2.38. The molecule has 0 radical (unpaired) electrons. The molecule has 2 aromatic rings. The van der Waals surface area contributed by atoms with Crippen molar-refractivity contribution in [2.75, 3.05) is 0 Å². The molecule has 0 unspecified atom stereocenters. The van der Waals surface area contributed by atoms with Crippen LogP contribution in [-0.4, -0.2) is 32.2 Å². The van der Waals surface area contributed by atoms with Crippen LogP contribution >= 0.6 is 0 Å². The molecule has 0 aliphatic heterocycles. The summed E-state index contributed by atoms with van der Waals surface area (Å²) in [7, 11) is 0. The van der Waals surface area contributed by atoms with Crippen molar-refractivity contribution in [1.29, 1.82) is 0 Å². The molecular formula is C17H24FN5O. The zero-order chi connectivity index (χ0) is 17.5. The first-order valence-electron chi connectivity index (χ1n) is 8.27. The molecule has 0 aliphatic rings. The molecule has 0 bridgehead atoms. The topological polar surface area (TPSA) is 72.7 Å². The van der Waals surface area contributed by atoms with Crippen molar-refractivity contribution in [3.8, 4) is 11.4 Å². The van der Waals surface area contributed by atoms with E-state index in [1.54, 1.807) is 12.1 Å². The molecule has 1 heterocycles. The monoisotopic (exact) mass is 333 g/mol. The van der Waals surface area contributed by atoms with Gasteiger partial charge in [-0.1, -0.05) is 26.7 Å². The number of hydrogen-bond donors (Lipinski definition) is 1. The highest BCUT2D eigenvalue weighted by Gasteiger charge is 2.11. The molecule has 2 rings (SSSR count). The number of hydrogen-bond acceptors (Lipinski definition) is 4. The zero-order valence-corrected chi connectivity index (χ0v) is 14.4. The number of carbonyl (C=O) groups is 1. The van der Waals surface area contributed by atoms with E-state index < -0.39 is 0 Å². The molecule has 1 N–H and O–H groups in total. The summed E-state index contributed by atoms with van der Waals surface area (Å²) in [6.45, 7) is 6.40. The molecule has 0 aliphatic carbocycles. The Labute approximate surface area is 141 Å². The van der Waals surface area contributed by atoms with Crippen molar-refractivity contribution in [3.63, 3.8) is 0 Å². The molecule has 0 fully saturated rings. The van der Waals surface area contributed by atoms with Gasteiger partial charge in [-0.25, -0.2) is 4.39 Å². The highest BCUT2D eigenvalue weighted by Crippen LogP contribution is 2.13. The van der Waals surface area contributed by atoms with Crippen LogP contribution in [0.3, 0.4) is 0 Å². The van der Waals surface area contributed by atoms with Crippen LogP contribution in [0.4, 0.5) is 4.39 Å². The number of tetrazole rings is 1. The van der Waals surface area contributed by atoms with E-state index in [4.69, 9.17) is 0 Å². The minimum atomic E-state index is -0.322. The van der Waals surface area contributed by atoms with Crippen LogP contribution in [0.15, 0.2) is 24.3 Å². The van der Waals surface area contributed by atoms with Crippen molar-refractivity contribution in [3.05, 3.63) is 30.1 Å². The average molecular weight is 333 g/mol. The Morgan fingerprint density at radius 2 is 1.92 bits per heavy atom. The first-order valence-corrected chi connectivity index (χ1v) is 8.27. The first kappa shape index (κ1) is 18.0. The number of carbonyl (C=O) groups excluding carboxylic acids is 1. The van der Waals surface area contributed by atoms with E-state index >= 15 is 0 Å². The van der Waals surface area contributed by atoms with Gasteiger partial charge in [0, 0.05) is 11.6 Å². The molecule has 1 amide bonds. The van der Waals surface area contributed by atoms with E-state index in [-0.39, 0.29) is 24.3 Å². The molecule has 6 nitrogen and oxygen atoms in total. The lowest BCUT2D eigenvalue weighted by Gasteiger charge is -2.14. The highest BCUT2D eigenvalue weighted by atomic mass is 19.1. The third kappa shape index (κ3) is 5.72. The summed E-state index contributed by atoms with van der Waals surface area (Å²) in [5.41, 5.74) is 0.658. The predicted molar refractivity (Wildman–Crippen MR) is 89.5 cm³/mol. The Kier molecular flexibility index (Phi) is 6.40. The van der Waals surface area contributed by atoms with Gasteiger partial charge in [0.1, 0.15) is 12.4 Å². The highest BCUT2D eigenvalue weighted by molar-refractivity contribution is 5.75. The van der Waals surface area contributed by atoms with E-state index in [0.29, 0.717) is 17.3 Å². The maximum atomic E-state index is 12.9. The Bertz CT molecular complexity index is 653. The number of halogens is 1. The van der Waals surface area contributed by atoms with Gasteiger partial charge in [0.15, 0.2) is 0 Å². The second kappa shape index (κ2) is 8.52. The molecular weight excluding hydrogens is 309 g/mol. The van der Waals surface area contributed by atoms with Gasteiger partial charge in [-0.3, -0.25) is 4.79 Å². The van der Waals surface area contributed by atoms with E-state index in [2.05, 4.69) is 34.6 Å². The number of nitrogens with one attached hydrogen (secondary N) is 1. The van der Waals surface area contributed by atoms with Gasteiger partial charge in [0.05, 0.1) is 0 Å². The quantitative estimate of drug-likeness (QED) is 0.806. The molecule has 1 atom stereocenters. The normalized spacial score (nSPS) is 12.4. The number of rotatable bonds is 8. The summed E-state index contributed by atoms with van der Waals surface area (Å²) in [6, 6.07) is 5.95. The molecule has 1 aromatic carbocycles. The maximum Gasteiger partial charge on any atom is 0.243 e. The lowest BCUT2D eigenvalue weighted by Crippen LogP contribution is -2.35. The van der Waals surface area contributed by atoms with Crippen molar-refractivity contribution in [1.82, 2.24) is 25.5 Å². The fraction of sp³-hybridized carbons (Fsp3) is 0.529. The smallest absolute Gasteiger partial charge is 0.243 e. The van der Waals surface area contributed by atoms with Gasteiger partial charge in [-0.05, 0) is 48.7 Å². The van der Waals surface area contributed by atoms with Crippen LogP contribution < -0.4 is 5.32 Å². The Balaban J connectivity index is 1.83.